The molecule has 23 heavy (non-hydrogen) atoms. The molecule has 0 heterocycles. The lowest BCUT2D eigenvalue weighted by Crippen LogP contribution is -2.15. The van der Waals surface area contributed by atoms with Gasteiger partial charge in [0.25, 0.3) is 0 Å². The molecule has 1 atom stereocenters. The van der Waals surface area contributed by atoms with Crippen LogP contribution >= 0.6 is 0 Å². The maximum atomic E-state index is 6.01. The first-order valence-electron chi connectivity index (χ1n) is 8.24. The number of ether oxygens (including phenoxy) is 2. The highest BCUT2D eigenvalue weighted by Crippen LogP contribution is 2.30. The summed E-state index contributed by atoms with van der Waals surface area (Å²) in [5.74, 6) is 1.90. The van der Waals surface area contributed by atoms with Crippen molar-refractivity contribution in [1.29, 1.82) is 0 Å². The highest BCUT2D eigenvalue weighted by atomic mass is 16.5. The van der Waals surface area contributed by atoms with Gasteiger partial charge in [0.15, 0.2) is 11.5 Å². The van der Waals surface area contributed by atoms with E-state index < -0.39 is 0 Å². The van der Waals surface area contributed by atoms with Crippen molar-refractivity contribution in [3.8, 4) is 11.5 Å². The normalized spacial score (nSPS) is 12.0. The Morgan fingerprint density at radius 1 is 1.04 bits per heavy atom. The lowest BCUT2D eigenvalue weighted by molar-refractivity contribution is 0.294. The summed E-state index contributed by atoms with van der Waals surface area (Å²) in [7, 11) is 1.67. The van der Waals surface area contributed by atoms with E-state index in [1.807, 2.05) is 6.07 Å². The van der Waals surface area contributed by atoms with Crippen molar-refractivity contribution in [2.24, 2.45) is 5.73 Å². The molecule has 0 amide bonds. The van der Waals surface area contributed by atoms with Crippen LogP contribution in [0.2, 0.25) is 0 Å². The van der Waals surface area contributed by atoms with Crippen LogP contribution in [-0.2, 0) is 6.42 Å². The number of aryl methyl sites for hydroxylation is 1. The Labute approximate surface area is 139 Å². The fourth-order valence-corrected chi connectivity index (χ4v) is 2.63. The lowest BCUT2D eigenvalue weighted by atomic mass is 9.91. The summed E-state index contributed by atoms with van der Waals surface area (Å²) < 4.78 is 11.2. The van der Waals surface area contributed by atoms with Crippen molar-refractivity contribution >= 4 is 0 Å². The average molecular weight is 313 g/mol. The molecule has 0 saturated heterocycles. The van der Waals surface area contributed by atoms with E-state index >= 15 is 0 Å². The van der Waals surface area contributed by atoms with E-state index in [-0.39, 0.29) is 0 Å². The summed E-state index contributed by atoms with van der Waals surface area (Å²) in [6.07, 6.45) is 1.87. The van der Waals surface area contributed by atoms with Crippen LogP contribution in [0.15, 0.2) is 42.5 Å². The van der Waals surface area contributed by atoms with E-state index in [1.54, 1.807) is 7.11 Å². The zero-order chi connectivity index (χ0) is 16.7. The molecule has 0 spiro atoms. The molecule has 2 aromatic carbocycles. The third-order valence-corrected chi connectivity index (χ3v) is 4.01. The zero-order valence-electron chi connectivity index (χ0n) is 14.3. The Bertz CT molecular complexity index is 608. The van der Waals surface area contributed by atoms with Gasteiger partial charge in [-0.2, -0.15) is 0 Å². The summed E-state index contributed by atoms with van der Waals surface area (Å²) in [4.78, 5) is 0. The molecule has 0 saturated carbocycles. The van der Waals surface area contributed by atoms with E-state index in [0.29, 0.717) is 19.1 Å². The fourth-order valence-electron chi connectivity index (χ4n) is 2.63. The molecule has 0 aliphatic carbocycles. The zero-order valence-corrected chi connectivity index (χ0v) is 14.3. The van der Waals surface area contributed by atoms with Gasteiger partial charge in [0, 0.05) is 5.92 Å². The second-order valence-corrected chi connectivity index (χ2v) is 5.88. The highest BCUT2D eigenvalue weighted by molar-refractivity contribution is 5.43. The second-order valence-electron chi connectivity index (χ2n) is 5.88. The van der Waals surface area contributed by atoms with E-state index in [2.05, 4.69) is 50.2 Å². The largest absolute Gasteiger partial charge is 0.493 e. The number of benzene rings is 2. The Balaban J connectivity index is 2.18. The van der Waals surface area contributed by atoms with Gasteiger partial charge in [-0.05, 0) is 49.6 Å². The Kier molecular flexibility index (Phi) is 6.48. The summed E-state index contributed by atoms with van der Waals surface area (Å²) in [5.41, 5.74) is 9.77. The topological polar surface area (TPSA) is 44.5 Å². The Hall–Kier alpha value is -2.00. The van der Waals surface area contributed by atoms with Crippen LogP contribution in [0.1, 0.15) is 36.0 Å². The van der Waals surface area contributed by atoms with Gasteiger partial charge in [0.1, 0.15) is 0 Å². The van der Waals surface area contributed by atoms with E-state index in [9.17, 15) is 0 Å². The van der Waals surface area contributed by atoms with Crippen LogP contribution in [0.3, 0.4) is 0 Å². The maximum Gasteiger partial charge on any atom is 0.161 e. The molecular weight excluding hydrogens is 286 g/mol. The van der Waals surface area contributed by atoms with Gasteiger partial charge in [0.05, 0.1) is 13.7 Å². The van der Waals surface area contributed by atoms with E-state index in [1.165, 1.54) is 16.7 Å². The third-order valence-electron chi connectivity index (χ3n) is 4.01. The average Bonchev–Trinajstić information content (AvgIpc) is 2.58. The van der Waals surface area contributed by atoms with Crippen LogP contribution in [0.5, 0.6) is 11.5 Å². The molecule has 2 N–H and O–H groups in total. The van der Waals surface area contributed by atoms with Gasteiger partial charge in [0.2, 0.25) is 0 Å². The van der Waals surface area contributed by atoms with Crippen molar-refractivity contribution < 1.29 is 9.47 Å². The fraction of sp³-hybridized carbons (Fsp3) is 0.400. The van der Waals surface area contributed by atoms with E-state index in [0.717, 1.165) is 24.3 Å². The quantitative estimate of drug-likeness (QED) is 0.798. The van der Waals surface area contributed by atoms with Crippen LogP contribution in [0.4, 0.5) is 0 Å². The summed E-state index contributed by atoms with van der Waals surface area (Å²) in [5, 5.41) is 0. The van der Waals surface area contributed by atoms with Gasteiger partial charge in [-0.25, -0.2) is 0 Å². The van der Waals surface area contributed by atoms with Crippen LogP contribution in [0, 0.1) is 6.92 Å². The number of hydrogen-bond donors (Lipinski definition) is 1. The first-order chi connectivity index (χ1) is 11.2. The SMILES string of the molecule is CCCOc1cc(CC(CN)c2ccc(C)cc2)ccc1OC. The van der Waals surface area contributed by atoms with Crippen molar-refractivity contribution in [1.82, 2.24) is 0 Å². The molecular formula is C20H27NO2. The van der Waals surface area contributed by atoms with Crippen molar-refractivity contribution in [3.05, 3.63) is 59.2 Å². The van der Waals surface area contributed by atoms with Crippen molar-refractivity contribution in [2.75, 3.05) is 20.3 Å². The first-order valence-corrected chi connectivity index (χ1v) is 8.24. The number of nitrogens with two attached hydrogens (primary N) is 1. The molecule has 2 rings (SSSR count). The smallest absolute Gasteiger partial charge is 0.161 e. The van der Waals surface area contributed by atoms with Gasteiger partial charge in [-0.15, -0.1) is 0 Å². The minimum Gasteiger partial charge on any atom is -0.493 e. The molecule has 0 radical (unpaired) electrons. The van der Waals surface area contributed by atoms with Gasteiger partial charge >= 0.3 is 0 Å². The predicted octanol–water partition coefficient (Wildman–Crippen LogP) is 4.08. The van der Waals surface area contributed by atoms with Crippen LogP contribution in [0.25, 0.3) is 0 Å². The molecule has 124 valence electrons. The van der Waals surface area contributed by atoms with Crippen molar-refractivity contribution in [3.63, 3.8) is 0 Å². The van der Waals surface area contributed by atoms with Gasteiger partial charge in [-0.1, -0.05) is 42.8 Å². The molecule has 0 aliphatic heterocycles. The molecule has 0 fully saturated rings. The predicted molar refractivity (Wildman–Crippen MR) is 95.5 cm³/mol. The molecule has 0 bridgehead atoms. The number of methoxy groups -OCH3 is 1. The van der Waals surface area contributed by atoms with Gasteiger partial charge in [-0.3, -0.25) is 0 Å². The Morgan fingerprint density at radius 2 is 1.78 bits per heavy atom. The molecule has 1 unspecified atom stereocenters. The van der Waals surface area contributed by atoms with Crippen molar-refractivity contribution in [2.45, 2.75) is 32.6 Å². The first kappa shape index (κ1) is 17.4. The lowest BCUT2D eigenvalue weighted by Gasteiger charge is -2.17. The van der Waals surface area contributed by atoms with Crippen LogP contribution in [-0.4, -0.2) is 20.3 Å². The molecule has 3 nitrogen and oxygen atoms in total. The molecule has 3 heteroatoms. The summed E-state index contributed by atoms with van der Waals surface area (Å²) in [6, 6.07) is 14.8. The van der Waals surface area contributed by atoms with Crippen LogP contribution < -0.4 is 15.2 Å². The van der Waals surface area contributed by atoms with Gasteiger partial charge < -0.3 is 15.2 Å². The second kappa shape index (κ2) is 8.59. The monoisotopic (exact) mass is 313 g/mol. The molecule has 0 aromatic heterocycles. The summed E-state index contributed by atoms with van der Waals surface area (Å²) in [6.45, 7) is 5.51. The van der Waals surface area contributed by atoms with E-state index in [4.69, 9.17) is 15.2 Å². The minimum atomic E-state index is 0.308. The highest BCUT2D eigenvalue weighted by Gasteiger charge is 2.13. The molecule has 2 aromatic rings. The minimum absolute atomic E-state index is 0.308. The Morgan fingerprint density at radius 3 is 2.39 bits per heavy atom. The number of rotatable bonds is 8. The standard InChI is InChI=1S/C20H27NO2/c1-4-11-23-20-13-16(7-10-19(20)22-3)12-18(14-21)17-8-5-15(2)6-9-17/h5-10,13,18H,4,11-12,14,21H2,1-3H3. The maximum absolute atomic E-state index is 6.01. The number of hydrogen-bond acceptors (Lipinski definition) is 3. The summed E-state index contributed by atoms with van der Waals surface area (Å²) >= 11 is 0. The third kappa shape index (κ3) is 4.73. The molecule has 0 aliphatic rings.